The molecule has 1 aromatic heterocycles. The fourth-order valence-corrected chi connectivity index (χ4v) is 2.90. The largest absolute Gasteiger partial charge is 0.486 e. The molecule has 0 N–H and O–H groups in total. The highest BCUT2D eigenvalue weighted by atomic mass is 16.6. The van der Waals surface area contributed by atoms with Gasteiger partial charge in [-0.2, -0.15) is 0 Å². The molecule has 0 saturated carbocycles. The van der Waals surface area contributed by atoms with Crippen molar-refractivity contribution in [3.8, 4) is 11.5 Å². The Labute approximate surface area is 137 Å². The number of benzene rings is 1. The number of hydrogen-bond donors (Lipinski definition) is 0. The van der Waals surface area contributed by atoms with E-state index in [-0.39, 0.29) is 6.10 Å². The number of aryl methyl sites for hydroxylation is 1. The zero-order chi connectivity index (χ0) is 16.2. The number of ether oxygens (including phenoxy) is 2. The molecular weight excluding hydrogens is 292 g/mol. The van der Waals surface area contributed by atoms with Crippen LogP contribution in [0.25, 0.3) is 0 Å². The Morgan fingerprint density at radius 2 is 2.00 bits per heavy atom. The fraction of sp³-hybridized carbons (Fsp3) is 0.529. The molecule has 6 heteroatoms. The first-order valence-corrected chi connectivity index (χ1v) is 8.20. The summed E-state index contributed by atoms with van der Waals surface area (Å²) in [7, 11) is 0. The number of aromatic nitrogens is 3. The standard InChI is InChI=1S/C17H24N4O2/c1-4-20(11-17-19-18-13(3)21(17)5-2)10-14-12-22-15-8-6-7-9-16(15)23-14/h6-9,14H,4-5,10-12H2,1-3H3. The second-order valence-corrected chi connectivity index (χ2v) is 5.73. The minimum atomic E-state index is 0.0314. The average molecular weight is 316 g/mol. The van der Waals surface area contributed by atoms with E-state index in [1.165, 1.54) is 0 Å². The van der Waals surface area contributed by atoms with Crippen LogP contribution in [-0.4, -0.2) is 45.5 Å². The summed E-state index contributed by atoms with van der Waals surface area (Å²) in [5, 5.41) is 8.48. The summed E-state index contributed by atoms with van der Waals surface area (Å²) in [6, 6.07) is 7.82. The molecule has 1 aliphatic heterocycles. The molecule has 3 rings (SSSR count). The summed E-state index contributed by atoms with van der Waals surface area (Å²) in [5.74, 6) is 3.62. The summed E-state index contributed by atoms with van der Waals surface area (Å²) in [6.07, 6.45) is 0.0314. The lowest BCUT2D eigenvalue weighted by atomic mass is 10.2. The number of nitrogens with zero attached hydrogens (tertiary/aromatic N) is 4. The van der Waals surface area contributed by atoms with Crippen LogP contribution in [0.15, 0.2) is 24.3 Å². The third kappa shape index (κ3) is 3.47. The molecule has 0 fully saturated rings. The zero-order valence-corrected chi connectivity index (χ0v) is 14.0. The van der Waals surface area contributed by atoms with Crippen molar-refractivity contribution in [1.29, 1.82) is 0 Å². The minimum absolute atomic E-state index is 0.0314. The predicted octanol–water partition coefficient (Wildman–Crippen LogP) is 2.27. The van der Waals surface area contributed by atoms with Crippen LogP contribution in [0.4, 0.5) is 0 Å². The second kappa shape index (κ2) is 7.00. The number of rotatable bonds is 6. The van der Waals surface area contributed by atoms with Gasteiger partial charge in [0, 0.05) is 13.1 Å². The van der Waals surface area contributed by atoms with Gasteiger partial charge in [0.2, 0.25) is 0 Å². The number of para-hydroxylation sites is 2. The Balaban J connectivity index is 1.64. The van der Waals surface area contributed by atoms with Crippen LogP contribution in [0.3, 0.4) is 0 Å². The Morgan fingerprint density at radius 3 is 2.74 bits per heavy atom. The van der Waals surface area contributed by atoms with Crippen molar-refractivity contribution in [2.75, 3.05) is 19.7 Å². The van der Waals surface area contributed by atoms with E-state index in [9.17, 15) is 0 Å². The van der Waals surface area contributed by atoms with Gasteiger partial charge in [-0.1, -0.05) is 19.1 Å². The van der Waals surface area contributed by atoms with Crippen LogP contribution < -0.4 is 9.47 Å². The SMILES string of the molecule is CCN(Cc1nnc(C)n1CC)CC1COc2ccccc2O1. The molecule has 0 aliphatic carbocycles. The lowest BCUT2D eigenvalue weighted by Crippen LogP contribution is -2.41. The first-order valence-electron chi connectivity index (χ1n) is 8.20. The van der Waals surface area contributed by atoms with Crippen LogP contribution in [0.5, 0.6) is 11.5 Å². The van der Waals surface area contributed by atoms with Gasteiger partial charge in [0.05, 0.1) is 6.54 Å². The third-order valence-electron chi connectivity index (χ3n) is 4.17. The van der Waals surface area contributed by atoms with Crippen molar-refractivity contribution in [1.82, 2.24) is 19.7 Å². The lowest BCUT2D eigenvalue weighted by Gasteiger charge is -2.30. The summed E-state index contributed by atoms with van der Waals surface area (Å²) in [5.41, 5.74) is 0. The summed E-state index contributed by atoms with van der Waals surface area (Å²) in [6.45, 7) is 10.2. The normalized spacial score (nSPS) is 16.8. The Kier molecular flexibility index (Phi) is 4.81. The Morgan fingerprint density at radius 1 is 1.22 bits per heavy atom. The van der Waals surface area contributed by atoms with E-state index in [1.807, 2.05) is 31.2 Å². The molecule has 1 aliphatic rings. The third-order valence-corrected chi connectivity index (χ3v) is 4.17. The quantitative estimate of drug-likeness (QED) is 0.818. The van der Waals surface area contributed by atoms with Gasteiger partial charge in [0.15, 0.2) is 11.5 Å². The highest BCUT2D eigenvalue weighted by molar-refractivity contribution is 5.40. The van der Waals surface area contributed by atoms with Gasteiger partial charge < -0.3 is 14.0 Å². The highest BCUT2D eigenvalue weighted by Gasteiger charge is 2.23. The van der Waals surface area contributed by atoms with Crippen LogP contribution in [0.2, 0.25) is 0 Å². The molecule has 2 aromatic rings. The summed E-state index contributed by atoms with van der Waals surface area (Å²) < 4.78 is 14.0. The second-order valence-electron chi connectivity index (χ2n) is 5.73. The summed E-state index contributed by atoms with van der Waals surface area (Å²) >= 11 is 0. The molecule has 0 spiro atoms. The van der Waals surface area contributed by atoms with Gasteiger partial charge in [0.1, 0.15) is 24.4 Å². The molecule has 1 atom stereocenters. The first-order chi connectivity index (χ1) is 11.2. The maximum absolute atomic E-state index is 6.05. The minimum Gasteiger partial charge on any atom is -0.486 e. The summed E-state index contributed by atoms with van der Waals surface area (Å²) in [4.78, 5) is 2.32. The van der Waals surface area contributed by atoms with E-state index >= 15 is 0 Å². The van der Waals surface area contributed by atoms with Crippen LogP contribution in [0, 0.1) is 6.92 Å². The van der Waals surface area contributed by atoms with Crippen molar-refractivity contribution in [2.24, 2.45) is 0 Å². The molecule has 0 radical (unpaired) electrons. The smallest absolute Gasteiger partial charge is 0.161 e. The Bertz CT molecular complexity index is 656. The molecular formula is C17H24N4O2. The maximum Gasteiger partial charge on any atom is 0.161 e. The molecule has 0 amide bonds. The van der Waals surface area contributed by atoms with Crippen molar-refractivity contribution in [3.05, 3.63) is 35.9 Å². The van der Waals surface area contributed by atoms with E-state index in [4.69, 9.17) is 9.47 Å². The van der Waals surface area contributed by atoms with Crippen LogP contribution >= 0.6 is 0 Å². The molecule has 1 unspecified atom stereocenters. The van der Waals surface area contributed by atoms with Gasteiger partial charge in [-0.05, 0) is 32.5 Å². The van der Waals surface area contributed by atoms with Gasteiger partial charge >= 0.3 is 0 Å². The van der Waals surface area contributed by atoms with E-state index in [0.717, 1.165) is 49.3 Å². The molecule has 6 nitrogen and oxygen atoms in total. The van der Waals surface area contributed by atoms with Gasteiger partial charge in [0.25, 0.3) is 0 Å². The van der Waals surface area contributed by atoms with E-state index in [2.05, 4.69) is 33.5 Å². The van der Waals surface area contributed by atoms with Crippen molar-refractivity contribution < 1.29 is 9.47 Å². The van der Waals surface area contributed by atoms with E-state index < -0.39 is 0 Å². The average Bonchev–Trinajstić information content (AvgIpc) is 2.93. The number of fused-ring (bicyclic) bond motifs is 1. The monoisotopic (exact) mass is 316 g/mol. The predicted molar refractivity (Wildman–Crippen MR) is 87.7 cm³/mol. The van der Waals surface area contributed by atoms with Crippen LogP contribution in [-0.2, 0) is 13.1 Å². The van der Waals surface area contributed by atoms with Gasteiger partial charge in [-0.3, -0.25) is 4.90 Å². The van der Waals surface area contributed by atoms with E-state index in [0.29, 0.717) is 6.61 Å². The molecule has 2 heterocycles. The molecule has 0 saturated heterocycles. The van der Waals surface area contributed by atoms with Crippen molar-refractivity contribution in [3.63, 3.8) is 0 Å². The molecule has 0 bridgehead atoms. The lowest BCUT2D eigenvalue weighted by molar-refractivity contribution is 0.0570. The molecule has 23 heavy (non-hydrogen) atoms. The van der Waals surface area contributed by atoms with Crippen LogP contribution in [0.1, 0.15) is 25.5 Å². The zero-order valence-electron chi connectivity index (χ0n) is 14.0. The van der Waals surface area contributed by atoms with E-state index in [1.54, 1.807) is 0 Å². The number of likely N-dealkylation sites (N-methyl/N-ethyl adjacent to an activating group) is 1. The fourth-order valence-electron chi connectivity index (χ4n) is 2.90. The van der Waals surface area contributed by atoms with Crippen molar-refractivity contribution >= 4 is 0 Å². The first kappa shape index (κ1) is 15.8. The van der Waals surface area contributed by atoms with Crippen molar-refractivity contribution in [2.45, 2.75) is 40.0 Å². The Hall–Kier alpha value is -2.08. The molecule has 124 valence electrons. The van der Waals surface area contributed by atoms with Gasteiger partial charge in [-0.25, -0.2) is 0 Å². The van der Waals surface area contributed by atoms with Gasteiger partial charge in [-0.15, -0.1) is 10.2 Å². The molecule has 1 aromatic carbocycles. The topological polar surface area (TPSA) is 52.4 Å². The maximum atomic E-state index is 6.05. The highest BCUT2D eigenvalue weighted by Crippen LogP contribution is 2.31. The number of hydrogen-bond acceptors (Lipinski definition) is 5.